The molecule has 1 aliphatic carbocycles. The minimum Gasteiger partial charge on any atom is -0.360 e. The van der Waals surface area contributed by atoms with E-state index in [2.05, 4.69) is 15.6 Å². The number of rotatable bonds is 7. The van der Waals surface area contributed by atoms with E-state index in [1.54, 1.807) is 31.1 Å². The van der Waals surface area contributed by atoms with Crippen molar-refractivity contribution in [3.8, 4) is 0 Å². The lowest BCUT2D eigenvalue weighted by molar-refractivity contribution is -0.136. The third kappa shape index (κ3) is 4.87. The van der Waals surface area contributed by atoms with E-state index in [-0.39, 0.29) is 30.1 Å². The van der Waals surface area contributed by atoms with Gasteiger partial charge in [0.15, 0.2) is 0 Å². The predicted molar refractivity (Wildman–Crippen MR) is 144 cm³/mol. The number of halogens is 1. The molecule has 0 spiro atoms. The maximum atomic E-state index is 14.2. The molecule has 1 aromatic heterocycles. The first-order chi connectivity index (χ1) is 18.1. The SMILES string of the molecule is CNC(C)C(=O)NC(C(=O)N1CCC2C1=C(c1c[nH]c3cc(F)ccc13)CN2S(C)(=O)=O)C1CCCCC1. The molecule has 11 heteroatoms. The molecule has 0 bridgehead atoms. The summed E-state index contributed by atoms with van der Waals surface area (Å²) in [7, 11) is -1.86. The van der Waals surface area contributed by atoms with Gasteiger partial charge in [-0.15, -0.1) is 0 Å². The van der Waals surface area contributed by atoms with Gasteiger partial charge in [0.25, 0.3) is 0 Å². The molecule has 1 saturated carbocycles. The van der Waals surface area contributed by atoms with E-state index in [0.717, 1.165) is 48.6 Å². The van der Waals surface area contributed by atoms with Gasteiger partial charge in [-0.05, 0) is 62.9 Å². The van der Waals surface area contributed by atoms with Crippen LogP contribution >= 0.6 is 0 Å². The highest BCUT2D eigenvalue weighted by molar-refractivity contribution is 7.88. The molecule has 3 N–H and O–H groups in total. The Balaban J connectivity index is 1.56. The lowest BCUT2D eigenvalue weighted by atomic mass is 9.83. The van der Waals surface area contributed by atoms with Crippen LogP contribution in [0.15, 0.2) is 30.1 Å². The third-order valence-electron chi connectivity index (χ3n) is 8.38. The minimum absolute atomic E-state index is 0.0239. The van der Waals surface area contributed by atoms with Crippen LogP contribution in [0.25, 0.3) is 16.5 Å². The summed E-state index contributed by atoms with van der Waals surface area (Å²) in [6.07, 6.45) is 8.27. The van der Waals surface area contributed by atoms with Gasteiger partial charge in [0, 0.05) is 41.4 Å². The van der Waals surface area contributed by atoms with Crippen molar-refractivity contribution >= 4 is 38.3 Å². The van der Waals surface area contributed by atoms with E-state index < -0.39 is 28.1 Å². The summed E-state index contributed by atoms with van der Waals surface area (Å²) in [4.78, 5) is 31.9. The average Bonchev–Trinajstić information content (AvgIpc) is 3.60. The van der Waals surface area contributed by atoms with Gasteiger partial charge in [0.05, 0.1) is 18.3 Å². The van der Waals surface area contributed by atoms with Gasteiger partial charge in [0.1, 0.15) is 11.9 Å². The highest BCUT2D eigenvalue weighted by Gasteiger charge is 2.48. The second kappa shape index (κ2) is 10.4. The summed E-state index contributed by atoms with van der Waals surface area (Å²) < 4.78 is 40.9. The Morgan fingerprint density at radius 3 is 2.58 bits per heavy atom. The van der Waals surface area contributed by atoms with E-state index in [0.29, 0.717) is 24.2 Å². The molecule has 1 saturated heterocycles. The van der Waals surface area contributed by atoms with Crippen LogP contribution in [0.3, 0.4) is 0 Å². The molecule has 206 valence electrons. The Morgan fingerprint density at radius 2 is 1.89 bits per heavy atom. The Kier molecular flexibility index (Phi) is 7.36. The lowest BCUT2D eigenvalue weighted by Gasteiger charge is -2.34. The van der Waals surface area contributed by atoms with E-state index in [1.807, 2.05) is 0 Å². The largest absolute Gasteiger partial charge is 0.360 e. The topological polar surface area (TPSA) is 115 Å². The number of aromatic nitrogens is 1. The zero-order chi connectivity index (χ0) is 27.2. The fraction of sp³-hybridized carbons (Fsp3) is 0.556. The summed E-state index contributed by atoms with van der Waals surface area (Å²) in [5, 5.41) is 6.73. The number of aromatic amines is 1. The number of hydrogen-bond donors (Lipinski definition) is 3. The molecule has 2 amide bonds. The Labute approximate surface area is 222 Å². The number of hydrogen-bond acceptors (Lipinski definition) is 5. The third-order valence-corrected chi connectivity index (χ3v) is 9.61. The van der Waals surface area contributed by atoms with E-state index >= 15 is 0 Å². The fourth-order valence-corrected chi connectivity index (χ4v) is 7.29. The van der Waals surface area contributed by atoms with Crippen molar-refractivity contribution in [3.05, 3.63) is 41.5 Å². The van der Waals surface area contributed by atoms with Crippen molar-refractivity contribution in [1.29, 1.82) is 0 Å². The maximum absolute atomic E-state index is 14.2. The fourth-order valence-electron chi connectivity index (χ4n) is 6.25. The minimum atomic E-state index is -3.56. The first kappa shape index (κ1) is 26.8. The summed E-state index contributed by atoms with van der Waals surface area (Å²) in [5.74, 6) is -0.769. The zero-order valence-electron chi connectivity index (χ0n) is 22.1. The van der Waals surface area contributed by atoms with Crippen LogP contribution in [-0.4, -0.2) is 78.9 Å². The molecular weight excluding hydrogens is 509 g/mol. The van der Waals surface area contributed by atoms with Gasteiger partial charge >= 0.3 is 0 Å². The van der Waals surface area contributed by atoms with Crippen LogP contribution in [0.4, 0.5) is 4.39 Å². The number of carbonyl (C=O) groups excluding carboxylic acids is 2. The number of sulfonamides is 1. The van der Waals surface area contributed by atoms with E-state index in [1.165, 1.54) is 22.7 Å². The van der Waals surface area contributed by atoms with Crippen molar-refractivity contribution < 1.29 is 22.4 Å². The molecule has 3 heterocycles. The summed E-state index contributed by atoms with van der Waals surface area (Å²) in [6.45, 7) is 2.25. The van der Waals surface area contributed by atoms with Crippen LogP contribution < -0.4 is 10.6 Å². The predicted octanol–water partition coefficient (Wildman–Crippen LogP) is 2.57. The second-order valence-electron chi connectivity index (χ2n) is 10.8. The molecule has 38 heavy (non-hydrogen) atoms. The smallest absolute Gasteiger partial charge is 0.249 e. The summed E-state index contributed by atoms with van der Waals surface area (Å²) in [6, 6.07) is 2.85. The van der Waals surface area contributed by atoms with E-state index in [4.69, 9.17) is 0 Å². The Morgan fingerprint density at radius 1 is 1.16 bits per heavy atom. The Hall–Kier alpha value is -2.76. The Bertz CT molecular complexity index is 1380. The molecular formula is C27H36FN5O4S. The van der Waals surface area contributed by atoms with Gasteiger partial charge in [-0.3, -0.25) is 9.59 Å². The number of carbonyl (C=O) groups is 2. The van der Waals surface area contributed by atoms with Crippen LogP contribution in [-0.2, 0) is 19.6 Å². The standard InChI is InChI=1S/C27H36FN5O4S/c1-16(29-2)26(34)31-24(17-7-5-4-6-8-17)27(35)32-12-11-23-25(32)21(15-33(23)38(3,36)37)20-14-30-22-13-18(28)9-10-19(20)22/h9-10,13-14,16-17,23-24,29-30H,4-8,11-12,15H2,1-3H3,(H,31,34). The number of nitrogens with one attached hydrogen (secondary N) is 3. The number of nitrogens with zero attached hydrogens (tertiary/aromatic N) is 2. The van der Waals surface area contributed by atoms with Crippen molar-refractivity contribution in [2.24, 2.45) is 5.92 Å². The first-order valence-electron chi connectivity index (χ1n) is 13.4. The number of H-pyrrole nitrogens is 1. The number of likely N-dealkylation sites (tertiary alicyclic amines) is 1. The van der Waals surface area contributed by atoms with Crippen LogP contribution in [0.1, 0.15) is 51.0 Å². The van der Waals surface area contributed by atoms with Crippen molar-refractivity contribution in [1.82, 2.24) is 24.8 Å². The average molecular weight is 546 g/mol. The van der Waals surface area contributed by atoms with Gasteiger partial charge in [-0.2, -0.15) is 4.31 Å². The maximum Gasteiger partial charge on any atom is 0.249 e. The number of fused-ring (bicyclic) bond motifs is 2. The highest BCUT2D eigenvalue weighted by Crippen LogP contribution is 2.43. The van der Waals surface area contributed by atoms with Crippen LogP contribution in [0.5, 0.6) is 0 Å². The molecule has 3 aliphatic rings. The van der Waals surface area contributed by atoms with Crippen LogP contribution in [0.2, 0.25) is 0 Å². The molecule has 2 fully saturated rings. The van der Waals surface area contributed by atoms with E-state index in [9.17, 15) is 22.4 Å². The molecule has 3 unspecified atom stereocenters. The molecule has 2 aliphatic heterocycles. The molecule has 0 radical (unpaired) electrons. The van der Waals surface area contributed by atoms with Crippen molar-refractivity contribution in [2.45, 2.75) is 63.6 Å². The normalized spacial score (nSPS) is 22.6. The molecule has 3 atom stereocenters. The molecule has 5 rings (SSSR count). The van der Waals surface area contributed by atoms with Gasteiger partial charge < -0.3 is 20.5 Å². The number of benzene rings is 1. The van der Waals surface area contributed by atoms with Gasteiger partial charge in [-0.1, -0.05) is 19.3 Å². The monoisotopic (exact) mass is 545 g/mol. The lowest BCUT2D eigenvalue weighted by Crippen LogP contribution is -2.55. The van der Waals surface area contributed by atoms with Crippen molar-refractivity contribution in [2.75, 3.05) is 26.4 Å². The second-order valence-corrected chi connectivity index (χ2v) is 12.7. The first-order valence-corrected chi connectivity index (χ1v) is 15.2. The van der Waals surface area contributed by atoms with Crippen LogP contribution in [0, 0.1) is 11.7 Å². The zero-order valence-corrected chi connectivity index (χ0v) is 22.9. The number of amides is 2. The number of likely N-dealkylation sites (N-methyl/N-ethyl adjacent to an activating group) is 1. The van der Waals surface area contributed by atoms with Gasteiger partial charge in [-0.25, -0.2) is 12.8 Å². The summed E-state index contributed by atoms with van der Waals surface area (Å²) in [5.41, 5.74) is 2.77. The van der Waals surface area contributed by atoms with Gasteiger partial charge in [0.2, 0.25) is 21.8 Å². The highest BCUT2D eigenvalue weighted by atomic mass is 32.2. The van der Waals surface area contributed by atoms with Crippen molar-refractivity contribution in [3.63, 3.8) is 0 Å². The molecule has 1 aromatic carbocycles. The molecule has 2 aromatic rings. The molecule has 9 nitrogen and oxygen atoms in total. The summed E-state index contributed by atoms with van der Waals surface area (Å²) >= 11 is 0. The quantitative estimate of drug-likeness (QED) is 0.495.